The van der Waals surface area contributed by atoms with E-state index in [0.29, 0.717) is 25.9 Å². The number of furan rings is 1. The smallest absolute Gasteiger partial charge is 0.310 e. The van der Waals surface area contributed by atoms with Crippen LogP contribution >= 0.6 is 0 Å². The number of carboxylic acid groups (broad SMARTS) is 1. The van der Waals surface area contributed by atoms with E-state index in [0.717, 1.165) is 11.3 Å². The number of nitrogens with one attached hydrogen (secondary N) is 1. The molecule has 1 rings (SSSR count). The average Bonchev–Trinajstić information content (AvgIpc) is 2.70. The second-order valence-electron chi connectivity index (χ2n) is 4.42. The molecule has 4 nitrogen and oxygen atoms in total. The van der Waals surface area contributed by atoms with Gasteiger partial charge in [0.2, 0.25) is 0 Å². The van der Waals surface area contributed by atoms with Gasteiger partial charge >= 0.3 is 5.97 Å². The van der Waals surface area contributed by atoms with Crippen LogP contribution in [-0.4, -0.2) is 17.6 Å². The van der Waals surface area contributed by atoms with Gasteiger partial charge in [-0.05, 0) is 31.4 Å². The standard InChI is InChI=1S/C13H21NO3/c1-4-13(5-2,12(15)16)9-14-8-11-10(3)6-7-17-11/h6-7,14H,4-5,8-9H2,1-3H3,(H,15,16). The number of carbonyl (C=O) groups is 1. The summed E-state index contributed by atoms with van der Waals surface area (Å²) < 4.78 is 5.30. The maximum atomic E-state index is 11.3. The first-order chi connectivity index (χ1) is 8.05. The van der Waals surface area contributed by atoms with Gasteiger partial charge in [0.1, 0.15) is 5.76 Å². The van der Waals surface area contributed by atoms with Crippen LogP contribution in [0.5, 0.6) is 0 Å². The van der Waals surface area contributed by atoms with Crippen LogP contribution in [0.3, 0.4) is 0 Å². The molecule has 1 aromatic rings. The third kappa shape index (κ3) is 3.09. The molecule has 0 atom stereocenters. The first kappa shape index (κ1) is 13.8. The number of hydrogen-bond acceptors (Lipinski definition) is 3. The zero-order valence-electron chi connectivity index (χ0n) is 10.7. The largest absolute Gasteiger partial charge is 0.481 e. The van der Waals surface area contributed by atoms with Crippen molar-refractivity contribution in [2.45, 2.75) is 40.2 Å². The Morgan fingerprint density at radius 2 is 2.12 bits per heavy atom. The molecular formula is C13H21NO3. The number of aliphatic carboxylic acids is 1. The van der Waals surface area contributed by atoms with Gasteiger partial charge in [-0.15, -0.1) is 0 Å². The number of carboxylic acids is 1. The lowest BCUT2D eigenvalue weighted by molar-refractivity contribution is -0.149. The summed E-state index contributed by atoms with van der Waals surface area (Å²) in [6, 6.07) is 1.90. The normalized spacial score (nSPS) is 11.7. The van der Waals surface area contributed by atoms with E-state index in [1.807, 2.05) is 26.8 Å². The lowest BCUT2D eigenvalue weighted by atomic mass is 9.82. The minimum absolute atomic E-state index is 0.468. The number of aryl methyl sites for hydroxylation is 1. The highest BCUT2D eigenvalue weighted by Crippen LogP contribution is 2.25. The van der Waals surface area contributed by atoms with Gasteiger partial charge in [0.25, 0.3) is 0 Å². The van der Waals surface area contributed by atoms with Crippen LogP contribution < -0.4 is 5.32 Å². The van der Waals surface area contributed by atoms with E-state index in [1.54, 1.807) is 6.26 Å². The highest BCUT2D eigenvalue weighted by atomic mass is 16.4. The highest BCUT2D eigenvalue weighted by molar-refractivity contribution is 5.74. The lowest BCUT2D eigenvalue weighted by Gasteiger charge is -2.26. The minimum Gasteiger partial charge on any atom is -0.481 e. The molecular weight excluding hydrogens is 218 g/mol. The summed E-state index contributed by atoms with van der Waals surface area (Å²) in [4.78, 5) is 11.3. The van der Waals surface area contributed by atoms with Gasteiger partial charge in [-0.25, -0.2) is 0 Å². The molecule has 0 aliphatic heterocycles. The summed E-state index contributed by atoms with van der Waals surface area (Å²) in [6.07, 6.45) is 2.91. The van der Waals surface area contributed by atoms with E-state index in [9.17, 15) is 9.90 Å². The van der Waals surface area contributed by atoms with Crippen molar-refractivity contribution in [3.8, 4) is 0 Å². The van der Waals surface area contributed by atoms with E-state index < -0.39 is 11.4 Å². The Morgan fingerprint density at radius 3 is 2.53 bits per heavy atom. The van der Waals surface area contributed by atoms with Gasteiger partial charge in [0.15, 0.2) is 0 Å². The average molecular weight is 239 g/mol. The van der Waals surface area contributed by atoms with Crippen LogP contribution in [-0.2, 0) is 11.3 Å². The van der Waals surface area contributed by atoms with Gasteiger partial charge in [-0.3, -0.25) is 4.79 Å². The topological polar surface area (TPSA) is 62.5 Å². The molecule has 0 saturated carbocycles. The molecule has 2 N–H and O–H groups in total. The third-order valence-electron chi connectivity index (χ3n) is 3.52. The Bertz CT molecular complexity index is 366. The molecule has 1 aromatic heterocycles. The molecule has 0 aromatic carbocycles. The van der Waals surface area contributed by atoms with Gasteiger partial charge in [0, 0.05) is 6.54 Å². The maximum Gasteiger partial charge on any atom is 0.310 e. The van der Waals surface area contributed by atoms with Crippen LogP contribution in [0.25, 0.3) is 0 Å². The summed E-state index contributed by atoms with van der Waals surface area (Å²) in [6.45, 7) is 6.85. The van der Waals surface area contributed by atoms with Gasteiger partial charge in [-0.1, -0.05) is 13.8 Å². The fourth-order valence-corrected chi connectivity index (χ4v) is 1.88. The second-order valence-corrected chi connectivity index (χ2v) is 4.42. The molecule has 0 spiro atoms. The second kappa shape index (κ2) is 5.87. The molecule has 4 heteroatoms. The molecule has 0 bridgehead atoms. The fraction of sp³-hybridized carbons (Fsp3) is 0.615. The van der Waals surface area contributed by atoms with Crippen molar-refractivity contribution in [2.24, 2.45) is 5.41 Å². The quantitative estimate of drug-likeness (QED) is 0.767. The third-order valence-corrected chi connectivity index (χ3v) is 3.52. The van der Waals surface area contributed by atoms with Crippen LogP contribution in [0.2, 0.25) is 0 Å². The predicted octanol–water partition coefficient (Wildman–Crippen LogP) is 2.57. The Balaban J connectivity index is 2.54. The van der Waals surface area contributed by atoms with Crippen molar-refractivity contribution in [3.63, 3.8) is 0 Å². The maximum absolute atomic E-state index is 11.3. The molecule has 0 unspecified atom stereocenters. The molecule has 1 heterocycles. The first-order valence-corrected chi connectivity index (χ1v) is 6.03. The lowest BCUT2D eigenvalue weighted by Crippen LogP contribution is -2.40. The zero-order chi connectivity index (χ0) is 12.9. The molecule has 0 radical (unpaired) electrons. The zero-order valence-corrected chi connectivity index (χ0v) is 10.7. The summed E-state index contributed by atoms with van der Waals surface area (Å²) in [5, 5.41) is 12.5. The van der Waals surface area contributed by atoms with Crippen LogP contribution in [0.4, 0.5) is 0 Å². The molecule has 0 saturated heterocycles. The van der Waals surface area contributed by atoms with Gasteiger partial charge in [-0.2, -0.15) is 0 Å². The van der Waals surface area contributed by atoms with E-state index in [-0.39, 0.29) is 0 Å². The van der Waals surface area contributed by atoms with E-state index >= 15 is 0 Å². The summed E-state index contributed by atoms with van der Waals surface area (Å²) in [5.41, 5.74) is 0.423. The van der Waals surface area contributed by atoms with Crippen molar-refractivity contribution in [3.05, 3.63) is 23.7 Å². The van der Waals surface area contributed by atoms with Crippen molar-refractivity contribution in [1.82, 2.24) is 5.32 Å². The minimum atomic E-state index is -0.730. The fourth-order valence-electron chi connectivity index (χ4n) is 1.88. The Morgan fingerprint density at radius 1 is 1.47 bits per heavy atom. The van der Waals surface area contributed by atoms with Crippen LogP contribution in [0.1, 0.15) is 38.0 Å². The molecule has 0 aliphatic carbocycles. The number of rotatable bonds is 7. The molecule has 0 amide bonds. The summed E-state index contributed by atoms with van der Waals surface area (Å²) in [5.74, 6) is 0.141. The highest BCUT2D eigenvalue weighted by Gasteiger charge is 2.34. The van der Waals surface area contributed by atoms with Crippen molar-refractivity contribution < 1.29 is 14.3 Å². The van der Waals surface area contributed by atoms with Crippen molar-refractivity contribution >= 4 is 5.97 Å². The summed E-state index contributed by atoms with van der Waals surface area (Å²) in [7, 11) is 0. The first-order valence-electron chi connectivity index (χ1n) is 6.03. The Kier molecular flexibility index (Phi) is 4.75. The van der Waals surface area contributed by atoms with Gasteiger partial charge in [0.05, 0.1) is 18.2 Å². The molecule has 17 heavy (non-hydrogen) atoms. The molecule has 96 valence electrons. The van der Waals surface area contributed by atoms with E-state index in [2.05, 4.69) is 5.32 Å². The number of hydrogen-bond donors (Lipinski definition) is 2. The predicted molar refractivity (Wildman–Crippen MR) is 65.8 cm³/mol. The monoisotopic (exact) mass is 239 g/mol. The molecule has 0 aliphatic rings. The van der Waals surface area contributed by atoms with Crippen molar-refractivity contribution in [1.29, 1.82) is 0 Å². The Labute approximate surface area is 102 Å². The van der Waals surface area contributed by atoms with Crippen molar-refractivity contribution in [2.75, 3.05) is 6.54 Å². The van der Waals surface area contributed by atoms with E-state index in [1.165, 1.54) is 0 Å². The van der Waals surface area contributed by atoms with Gasteiger partial charge < -0.3 is 14.8 Å². The Hall–Kier alpha value is -1.29. The SMILES string of the molecule is CCC(CC)(CNCc1occc1C)C(=O)O. The van der Waals surface area contributed by atoms with Crippen LogP contribution in [0.15, 0.2) is 16.7 Å². The summed E-state index contributed by atoms with van der Waals surface area (Å²) >= 11 is 0. The van der Waals surface area contributed by atoms with E-state index in [4.69, 9.17) is 4.42 Å². The van der Waals surface area contributed by atoms with Crippen LogP contribution in [0, 0.1) is 12.3 Å². The molecule has 0 fully saturated rings.